The van der Waals surface area contributed by atoms with Crippen LogP contribution in [-0.2, 0) is 10.0 Å². The molecule has 2 unspecified atom stereocenters. The molecule has 0 heterocycles. The van der Waals surface area contributed by atoms with E-state index in [-0.39, 0.29) is 6.04 Å². The van der Waals surface area contributed by atoms with Crippen LogP contribution in [0.1, 0.15) is 38.3 Å². The Hall–Kier alpha value is -0.910. The van der Waals surface area contributed by atoms with Gasteiger partial charge in [0.1, 0.15) is 0 Å². The summed E-state index contributed by atoms with van der Waals surface area (Å²) in [4.78, 5) is 0.342. The van der Waals surface area contributed by atoms with Crippen LogP contribution in [0.2, 0.25) is 0 Å². The molecule has 0 aliphatic heterocycles. The second-order valence-electron chi connectivity index (χ2n) is 6.30. The lowest BCUT2D eigenvalue weighted by Crippen LogP contribution is -2.25. The lowest BCUT2D eigenvalue weighted by atomic mass is 10.0. The van der Waals surface area contributed by atoms with Gasteiger partial charge in [-0.1, -0.05) is 19.1 Å². The quantitative estimate of drug-likeness (QED) is 0.842. The number of sulfonamides is 1. The zero-order valence-corrected chi connectivity index (χ0v) is 14.2. The van der Waals surface area contributed by atoms with Crippen LogP contribution in [0.15, 0.2) is 29.2 Å². The third-order valence-corrected chi connectivity index (χ3v) is 6.16. The van der Waals surface area contributed by atoms with E-state index in [1.807, 2.05) is 12.1 Å². The molecule has 0 bridgehead atoms. The Labute approximate surface area is 128 Å². The molecule has 21 heavy (non-hydrogen) atoms. The van der Waals surface area contributed by atoms with Gasteiger partial charge in [-0.3, -0.25) is 0 Å². The second kappa shape index (κ2) is 6.46. The zero-order chi connectivity index (χ0) is 15.6. The zero-order valence-electron chi connectivity index (χ0n) is 13.3. The predicted octanol–water partition coefficient (Wildman–Crippen LogP) is 2.63. The highest BCUT2D eigenvalue weighted by Gasteiger charge is 2.27. The monoisotopic (exact) mass is 310 g/mol. The summed E-state index contributed by atoms with van der Waals surface area (Å²) in [5, 5.41) is 3.54. The van der Waals surface area contributed by atoms with Crippen molar-refractivity contribution in [2.75, 3.05) is 20.6 Å². The average Bonchev–Trinajstić information content (AvgIpc) is 3.29. The lowest BCUT2D eigenvalue weighted by molar-refractivity contribution is 0.432. The smallest absolute Gasteiger partial charge is 0.242 e. The molecule has 1 fully saturated rings. The first-order valence-electron chi connectivity index (χ1n) is 7.58. The SMILES string of the molecule is CC(NCC(C)C1CC1)c1ccc(S(=O)(=O)N(C)C)cc1. The van der Waals surface area contributed by atoms with Gasteiger partial charge in [0, 0.05) is 20.1 Å². The Morgan fingerprint density at radius 3 is 2.24 bits per heavy atom. The third-order valence-electron chi connectivity index (χ3n) is 4.33. The summed E-state index contributed by atoms with van der Waals surface area (Å²) in [5.41, 5.74) is 1.12. The minimum absolute atomic E-state index is 0.238. The van der Waals surface area contributed by atoms with Crippen molar-refractivity contribution >= 4 is 10.0 Å². The molecule has 2 rings (SSSR count). The molecular weight excluding hydrogens is 284 g/mol. The summed E-state index contributed by atoms with van der Waals surface area (Å²) in [6, 6.07) is 7.41. The maximum absolute atomic E-state index is 12.0. The van der Waals surface area contributed by atoms with Gasteiger partial charge in [-0.15, -0.1) is 0 Å². The van der Waals surface area contributed by atoms with Crippen LogP contribution in [-0.4, -0.2) is 33.4 Å². The van der Waals surface area contributed by atoms with Gasteiger partial charge >= 0.3 is 0 Å². The minimum atomic E-state index is -3.34. The highest BCUT2D eigenvalue weighted by atomic mass is 32.2. The van der Waals surface area contributed by atoms with E-state index in [0.29, 0.717) is 4.90 Å². The third kappa shape index (κ3) is 4.05. The number of nitrogens with one attached hydrogen (secondary N) is 1. The van der Waals surface area contributed by atoms with E-state index < -0.39 is 10.0 Å². The van der Waals surface area contributed by atoms with Crippen molar-refractivity contribution in [3.63, 3.8) is 0 Å². The molecule has 1 saturated carbocycles. The van der Waals surface area contributed by atoms with E-state index in [0.717, 1.165) is 23.9 Å². The van der Waals surface area contributed by atoms with E-state index in [2.05, 4.69) is 19.2 Å². The van der Waals surface area contributed by atoms with Gasteiger partial charge in [0.05, 0.1) is 4.90 Å². The van der Waals surface area contributed by atoms with Crippen molar-refractivity contribution in [1.29, 1.82) is 0 Å². The highest BCUT2D eigenvalue weighted by Crippen LogP contribution is 2.36. The predicted molar refractivity (Wildman–Crippen MR) is 85.6 cm³/mol. The van der Waals surface area contributed by atoms with Crippen molar-refractivity contribution in [2.45, 2.75) is 37.6 Å². The molecular formula is C16H26N2O2S. The molecule has 0 spiro atoms. The van der Waals surface area contributed by atoms with Crippen LogP contribution in [0.25, 0.3) is 0 Å². The lowest BCUT2D eigenvalue weighted by Gasteiger charge is -2.18. The van der Waals surface area contributed by atoms with E-state index in [1.165, 1.54) is 17.1 Å². The molecule has 2 atom stereocenters. The fraction of sp³-hybridized carbons (Fsp3) is 0.625. The number of hydrogen-bond acceptors (Lipinski definition) is 3. The van der Waals surface area contributed by atoms with Crippen LogP contribution in [0.4, 0.5) is 0 Å². The number of nitrogens with zero attached hydrogens (tertiary/aromatic N) is 1. The molecule has 0 radical (unpaired) electrons. The summed E-state index contributed by atoms with van der Waals surface area (Å²) in [6.07, 6.45) is 2.74. The largest absolute Gasteiger partial charge is 0.310 e. The maximum Gasteiger partial charge on any atom is 0.242 e. The van der Waals surface area contributed by atoms with Gasteiger partial charge in [0.2, 0.25) is 10.0 Å². The van der Waals surface area contributed by atoms with Crippen LogP contribution in [0, 0.1) is 11.8 Å². The Morgan fingerprint density at radius 1 is 1.19 bits per heavy atom. The van der Waals surface area contributed by atoms with Gasteiger partial charge in [-0.05, 0) is 55.8 Å². The van der Waals surface area contributed by atoms with Crippen molar-refractivity contribution in [2.24, 2.45) is 11.8 Å². The van der Waals surface area contributed by atoms with Crippen molar-refractivity contribution in [1.82, 2.24) is 9.62 Å². The molecule has 1 aromatic rings. The Kier molecular flexibility index (Phi) is 5.07. The maximum atomic E-state index is 12.0. The first-order chi connectivity index (χ1) is 9.82. The number of hydrogen-bond donors (Lipinski definition) is 1. The molecule has 1 aliphatic rings. The number of benzene rings is 1. The summed E-state index contributed by atoms with van der Waals surface area (Å²) in [7, 11) is -0.239. The topological polar surface area (TPSA) is 49.4 Å². The second-order valence-corrected chi connectivity index (χ2v) is 8.45. The van der Waals surface area contributed by atoms with E-state index in [9.17, 15) is 8.42 Å². The van der Waals surface area contributed by atoms with Crippen molar-refractivity contribution in [3.8, 4) is 0 Å². The summed E-state index contributed by atoms with van der Waals surface area (Å²) >= 11 is 0. The molecule has 118 valence electrons. The van der Waals surface area contributed by atoms with Gasteiger partial charge in [0.25, 0.3) is 0 Å². The molecule has 0 saturated heterocycles. The molecule has 1 aromatic carbocycles. The highest BCUT2D eigenvalue weighted by molar-refractivity contribution is 7.89. The van der Waals surface area contributed by atoms with E-state index >= 15 is 0 Å². The average molecular weight is 310 g/mol. The molecule has 1 aliphatic carbocycles. The van der Waals surface area contributed by atoms with Crippen molar-refractivity contribution < 1.29 is 8.42 Å². The van der Waals surface area contributed by atoms with Crippen molar-refractivity contribution in [3.05, 3.63) is 29.8 Å². The standard InChI is InChI=1S/C16H26N2O2S/c1-12(14-5-6-14)11-17-13(2)15-7-9-16(10-8-15)21(19,20)18(3)4/h7-10,12-14,17H,5-6,11H2,1-4H3. The Balaban J connectivity index is 1.97. The van der Waals surface area contributed by atoms with Gasteiger partial charge in [-0.2, -0.15) is 0 Å². The minimum Gasteiger partial charge on any atom is -0.310 e. The van der Waals surface area contributed by atoms with E-state index in [1.54, 1.807) is 26.2 Å². The summed E-state index contributed by atoms with van der Waals surface area (Å²) in [6.45, 7) is 5.43. The van der Waals surface area contributed by atoms with Gasteiger partial charge in [0.15, 0.2) is 0 Å². The van der Waals surface area contributed by atoms with Crippen LogP contribution >= 0.6 is 0 Å². The van der Waals surface area contributed by atoms with Crippen LogP contribution < -0.4 is 5.32 Å². The van der Waals surface area contributed by atoms with Gasteiger partial charge < -0.3 is 5.32 Å². The first kappa shape index (κ1) is 16.5. The fourth-order valence-corrected chi connectivity index (χ4v) is 3.35. The normalized spacial score (nSPS) is 18.7. The van der Waals surface area contributed by atoms with Gasteiger partial charge in [-0.25, -0.2) is 12.7 Å². The first-order valence-corrected chi connectivity index (χ1v) is 9.02. The molecule has 5 heteroatoms. The molecule has 1 N–H and O–H groups in total. The van der Waals surface area contributed by atoms with E-state index in [4.69, 9.17) is 0 Å². The molecule has 4 nitrogen and oxygen atoms in total. The van der Waals surface area contributed by atoms with Crippen LogP contribution in [0.3, 0.4) is 0 Å². The molecule has 0 amide bonds. The Bertz CT molecular complexity index is 562. The molecule has 0 aromatic heterocycles. The fourth-order valence-electron chi connectivity index (χ4n) is 2.45. The van der Waals surface area contributed by atoms with Crippen LogP contribution in [0.5, 0.6) is 0 Å². The summed E-state index contributed by atoms with van der Waals surface area (Å²) < 4.78 is 25.3. The number of rotatable bonds is 7. The Morgan fingerprint density at radius 2 is 1.76 bits per heavy atom. The summed E-state index contributed by atoms with van der Waals surface area (Å²) in [5.74, 6) is 1.62.